The van der Waals surface area contributed by atoms with Crippen molar-refractivity contribution in [3.8, 4) is 11.5 Å². The molecule has 1 amide bonds. The molecule has 4 rings (SSSR count). The van der Waals surface area contributed by atoms with Crippen molar-refractivity contribution in [3.63, 3.8) is 0 Å². The van der Waals surface area contributed by atoms with Crippen LogP contribution in [0.15, 0.2) is 51.5 Å². The molecule has 3 aromatic rings. The van der Waals surface area contributed by atoms with Crippen molar-refractivity contribution in [2.24, 2.45) is 0 Å². The molecular weight excluding hydrogens is 318 g/mol. The SMILES string of the molecule is Cc1ccccc1-c1nnc([C@H]2CCCN(C(=O)c3ccco3)C2)o1. The Morgan fingerprint density at radius 3 is 2.88 bits per heavy atom. The first-order chi connectivity index (χ1) is 12.2. The Labute approximate surface area is 145 Å². The van der Waals surface area contributed by atoms with E-state index in [4.69, 9.17) is 8.83 Å². The summed E-state index contributed by atoms with van der Waals surface area (Å²) in [6.45, 7) is 3.30. The average Bonchev–Trinajstić information content (AvgIpc) is 3.34. The molecule has 0 aliphatic carbocycles. The molecule has 3 heterocycles. The van der Waals surface area contributed by atoms with Crippen LogP contribution in [0.2, 0.25) is 0 Å². The van der Waals surface area contributed by atoms with Crippen LogP contribution in [-0.4, -0.2) is 34.1 Å². The lowest BCUT2D eigenvalue weighted by Crippen LogP contribution is -2.39. The van der Waals surface area contributed by atoms with Crippen molar-refractivity contribution < 1.29 is 13.6 Å². The Morgan fingerprint density at radius 1 is 1.20 bits per heavy atom. The van der Waals surface area contributed by atoms with E-state index < -0.39 is 0 Å². The molecule has 0 radical (unpaired) electrons. The predicted molar refractivity (Wildman–Crippen MR) is 91.1 cm³/mol. The number of hydrogen-bond donors (Lipinski definition) is 0. The smallest absolute Gasteiger partial charge is 0.289 e. The average molecular weight is 337 g/mol. The summed E-state index contributed by atoms with van der Waals surface area (Å²) < 4.78 is 11.1. The third-order valence-corrected chi connectivity index (χ3v) is 4.61. The molecule has 6 nitrogen and oxygen atoms in total. The summed E-state index contributed by atoms with van der Waals surface area (Å²) in [5, 5.41) is 8.44. The van der Waals surface area contributed by atoms with E-state index in [1.165, 1.54) is 6.26 Å². The van der Waals surface area contributed by atoms with Crippen LogP contribution in [0.1, 0.15) is 40.8 Å². The number of benzene rings is 1. The maximum absolute atomic E-state index is 12.5. The molecule has 1 aromatic carbocycles. The van der Waals surface area contributed by atoms with Crippen molar-refractivity contribution in [2.75, 3.05) is 13.1 Å². The van der Waals surface area contributed by atoms with E-state index in [1.807, 2.05) is 31.2 Å². The van der Waals surface area contributed by atoms with Gasteiger partial charge in [-0.3, -0.25) is 4.79 Å². The number of aryl methyl sites for hydroxylation is 1. The highest BCUT2D eigenvalue weighted by Gasteiger charge is 2.30. The summed E-state index contributed by atoms with van der Waals surface area (Å²) in [6, 6.07) is 11.3. The lowest BCUT2D eigenvalue weighted by molar-refractivity contribution is 0.0666. The predicted octanol–water partition coefficient (Wildman–Crippen LogP) is 3.66. The van der Waals surface area contributed by atoms with Crippen LogP contribution in [-0.2, 0) is 0 Å². The Bertz CT molecular complexity index is 870. The van der Waals surface area contributed by atoms with Gasteiger partial charge in [0.15, 0.2) is 5.76 Å². The van der Waals surface area contributed by atoms with Gasteiger partial charge in [0.05, 0.1) is 12.2 Å². The molecule has 0 saturated carbocycles. The quantitative estimate of drug-likeness (QED) is 0.729. The van der Waals surface area contributed by atoms with Gasteiger partial charge < -0.3 is 13.7 Å². The van der Waals surface area contributed by atoms with E-state index in [-0.39, 0.29) is 11.8 Å². The summed E-state index contributed by atoms with van der Waals surface area (Å²) in [5.74, 6) is 1.45. The fraction of sp³-hybridized carbons (Fsp3) is 0.316. The molecule has 0 bridgehead atoms. The number of rotatable bonds is 3. The van der Waals surface area contributed by atoms with E-state index in [2.05, 4.69) is 10.2 Å². The Kier molecular flexibility index (Phi) is 4.09. The topological polar surface area (TPSA) is 72.4 Å². The molecule has 128 valence electrons. The van der Waals surface area contributed by atoms with Crippen LogP contribution < -0.4 is 0 Å². The van der Waals surface area contributed by atoms with Crippen molar-refractivity contribution in [1.82, 2.24) is 15.1 Å². The molecule has 1 aliphatic rings. The minimum absolute atomic E-state index is 0.0536. The zero-order chi connectivity index (χ0) is 17.2. The van der Waals surface area contributed by atoms with Crippen LogP contribution in [0, 0.1) is 6.92 Å². The second kappa shape index (κ2) is 6.55. The van der Waals surface area contributed by atoms with Gasteiger partial charge in [-0.25, -0.2) is 0 Å². The number of furan rings is 1. The van der Waals surface area contributed by atoms with E-state index in [9.17, 15) is 4.79 Å². The maximum Gasteiger partial charge on any atom is 0.289 e. The zero-order valence-corrected chi connectivity index (χ0v) is 14.0. The molecule has 1 fully saturated rings. The van der Waals surface area contributed by atoms with Crippen LogP contribution in [0.4, 0.5) is 0 Å². The first-order valence-electron chi connectivity index (χ1n) is 8.44. The normalized spacial score (nSPS) is 17.6. The van der Waals surface area contributed by atoms with Gasteiger partial charge in [0.25, 0.3) is 5.91 Å². The second-order valence-corrected chi connectivity index (χ2v) is 6.33. The van der Waals surface area contributed by atoms with Crippen LogP contribution in [0.3, 0.4) is 0 Å². The molecule has 1 atom stereocenters. The molecule has 25 heavy (non-hydrogen) atoms. The number of aromatic nitrogens is 2. The molecule has 1 aliphatic heterocycles. The van der Waals surface area contributed by atoms with Gasteiger partial charge >= 0.3 is 0 Å². The molecule has 0 unspecified atom stereocenters. The van der Waals surface area contributed by atoms with Gasteiger partial charge in [0.2, 0.25) is 11.8 Å². The lowest BCUT2D eigenvalue weighted by Gasteiger charge is -2.30. The molecule has 0 N–H and O–H groups in total. The molecule has 0 spiro atoms. The first kappa shape index (κ1) is 15.6. The Balaban J connectivity index is 1.52. The van der Waals surface area contributed by atoms with Crippen LogP contribution in [0.25, 0.3) is 11.5 Å². The van der Waals surface area contributed by atoms with Crippen molar-refractivity contribution >= 4 is 5.91 Å². The highest BCUT2D eigenvalue weighted by Crippen LogP contribution is 2.30. The van der Waals surface area contributed by atoms with E-state index in [1.54, 1.807) is 17.0 Å². The van der Waals surface area contributed by atoms with Crippen molar-refractivity contribution in [3.05, 3.63) is 59.9 Å². The molecular formula is C19H19N3O3. The van der Waals surface area contributed by atoms with Gasteiger partial charge in [-0.15, -0.1) is 10.2 Å². The third kappa shape index (κ3) is 3.07. The number of piperidine rings is 1. The van der Waals surface area contributed by atoms with E-state index >= 15 is 0 Å². The van der Waals surface area contributed by atoms with Gasteiger partial charge in [-0.1, -0.05) is 18.2 Å². The molecule has 1 saturated heterocycles. The van der Waals surface area contributed by atoms with E-state index in [0.29, 0.717) is 24.1 Å². The third-order valence-electron chi connectivity index (χ3n) is 4.61. The number of hydrogen-bond acceptors (Lipinski definition) is 5. The molecule has 2 aromatic heterocycles. The zero-order valence-electron chi connectivity index (χ0n) is 14.0. The number of carbonyl (C=O) groups is 1. The highest BCUT2D eigenvalue weighted by atomic mass is 16.4. The standard InChI is InChI=1S/C19H19N3O3/c1-13-6-2-3-8-15(13)18-21-20-17(25-18)14-7-4-10-22(12-14)19(23)16-9-5-11-24-16/h2-3,5-6,8-9,11,14H,4,7,10,12H2,1H3/t14-/m0/s1. The summed E-state index contributed by atoms with van der Waals surface area (Å²) >= 11 is 0. The van der Waals surface area contributed by atoms with Gasteiger partial charge in [0.1, 0.15) is 0 Å². The van der Waals surface area contributed by atoms with Gasteiger partial charge in [0, 0.05) is 18.7 Å². The van der Waals surface area contributed by atoms with Crippen molar-refractivity contribution in [2.45, 2.75) is 25.7 Å². The minimum atomic E-state index is -0.0895. The van der Waals surface area contributed by atoms with Crippen molar-refractivity contribution in [1.29, 1.82) is 0 Å². The lowest BCUT2D eigenvalue weighted by atomic mass is 9.98. The fourth-order valence-electron chi connectivity index (χ4n) is 3.24. The minimum Gasteiger partial charge on any atom is -0.459 e. The van der Waals surface area contributed by atoms with Gasteiger partial charge in [-0.2, -0.15) is 0 Å². The number of nitrogens with zero attached hydrogens (tertiary/aromatic N) is 3. The van der Waals surface area contributed by atoms with Crippen LogP contribution >= 0.6 is 0 Å². The number of amides is 1. The summed E-state index contributed by atoms with van der Waals surface area (Å²) in [5.41, 5.74) is 2.04. The number of carbonyl (C=O) groups excluding carboxylic acids is 1. The largest absolute Gasteiger partial charge is 0.459 e. The monoisotopic (exact) mass is 337 g/mol. The van der Waals surface area contributed by atoms with E-state index in [0.717, 1.165) is 30.5 Å². The summed E-state index contributed by atoms with van der Waals surface area (Å²) in [7, 11) is 0. The summed E-state index contributed by atoms with van der Waals surface area (Å²) in [4.78, 5) is 14.3. The Morgan fingerprint density at radius 2 is 2.08 bits per heavy atom. The van der Waals surface area contributed by atoms with Crippen LogP contribution in [0.5, 0.6) is 0 Å². The first-order valence-corrected chi connectivity index (χ1v) is 8.44. The fourth-order valence-corrected chi connectivity index (χ4v) is 3.24. The highest BCUT2D eigenvalue weighted by molar-refractivity contribution is 5.91. The summed E-state index contributed by atoms with van der Waals surface area (Å²) in [6.07, 6.45) is 3.34. The maximum atomic E-state index is 12.5. The number of likely N-dealkylation sites (tertiary alicyclic amines) is 1. The Hall–Kier alpha value is -2.89. The second-order valence-electron chi connectivity index (χ2n) is 6.33. The van der Waals surface area contributed by atoms with Gasteiger partial charge in [-0.05, 0) is 43.5 Å². The molecule has 6 heteroatoms.